The van der Waals surface area contributed by atoms with Crippen LogP contribution in [0, 0.1) is 11.8 Å². The molecule has 3 N–H and O–H groups in total. The molecule has 0 saturated carbocycles. The Morgan fingerprint density at radius 3 is 1.95 bits per heavy atom. The molecule has 0 spiro atoms. The van der Waals surface area contributed by atoms with Crippen molar-refractivity contribution in [2.45, 2.75) is 33.7 Å². The number of rotatable bonds is 6. The average Bonchev–Trinajstić information content (AvgIpc) is 2.44. The molecule has 0 aliphatic rings. The Morgan fingerprint density at radius 1 is 1.00 bits per heavy atom. The van der Waals surface area contributed by atoms with Crippen molar-refractivity contribution in [2.24, 2.45) is 11.8 Å². The number of carboxylic acids is 1. The molecule has 1 aromatic rings. The van der Waals surface area contributed by atoms with Crippen LogP contribution in [0.5, 0.6) is 0 Å². The van der Waals surface area contributed by atoms with E-state index in [-0.39, 0.29) is 17.7 Å². The van der Waals surface area contributed by atoms with Crippen LogP contribution in [-0.4, -0.2) is 28.9 Å². The average molecular weight is 306 g/mol. The van der Waals surface area contributed by atoms with Gasteiger partial charge in [0.1, 0.15) is 6.04 Å². The van der Waals surface area contributed by atoms with Crippen LogP contribution >= 0.6 is 0 Å². The number of nitrogens with one attached hydrogen (secondary N) is 2. The lowest BCUT2D eigenvalue weighted by Gasteiger charge is -2.18. The van der Waals surface area contributed by atoms with E-state index in [0.717, 1.165) is 0 Å². The van der Waals surface area contributed by atoms with Crippen molar-refractivity contribution in [1.82, 2.24) is 5.32 Å². The number of amides is 2. The third-order valence-corrected chi connectivity index (χ3v) is 3.16. The largest absolute Gasteiger partial charge is 0.480 e. The van der Waals surface area contributed by atoms with E-state index >= 15 is 0 Å². The molecule has 0 unspecified atom stereocenters. The maximum Gasteiger partial charge on any atom is 0.326 e. The van der Waals surface area contributed by atoms with Gasteiger partial charge in [0.15, 0.2) is 0 Å². The summed E-state index contributed by atoms with van der Waals surface area (Å²) in [5.41, 5.74) is 0.934. The van der Waals surface area contributed by atoms with Crippen molar-refractivity contribution in [1.29, 1.82) is 0 Å². The fraction of sp³-hybridized carbons (Fsp3) is 0.438. The van der Waals surface area contributed by atoms with E-state index in [2.05, 4.69) is 10.6 Å². The Morgan fingerprint density at radius 2 is 1.55 bits per heavy atom. The number of carbonyl (C=O) groups excluding carboxylic acids is 2. The number of aliphatic carboxylic acids is 1. The van der Waals surface area contributed by atoms with Gasteiger partial charge >= 0.3 is 5.97 Å². The molecule has 120 valence electrons. The second kappa shape index (κ2) is 7.59. The first-order chi connectivity index (χ1) is 10.2. The monoisotopic (exact) mass is 306 g/mol. The quantitative estimate of drug-likeness (QED) is 0.750. The van der Waals surface area contributed by atoms with Gasteiger partial charge in [-0.05, 0) is 30.2 Å². The molecule has 0 aromatic heterocycles. The minimum atomic E-state index is -1.07. The molecule has 0 saturated heterocycles. The van der Waals surface area contributed by atoms with Crippen LogP contribution in [0.4, 0.5) is 5.69 Å². The van der Waals surface area contributed by atoms with Gasteiger partial charge in [-0.2, -0.15) is 0 Å². The standard InChI is InChI=1S/C16H22N2O4/c1-9(2)13(16(21)22)18-15(20)11-5-7-12(8-6-11)17-14(19)10(3)4/h5-10,13H,1-4H3,(H,17,19)(H,18,20)(H,21,22)/t13-/m0/s1. The molecule has 6 heteroatoms. The molecular weight excluding hydrogens is 284 g/mol. The molecule has 2 amide bonds. The predicted octanol–water partition coefficient (Wildman–Crippen LogP) is 2.12. The van der Waals surface area contributed by atoms with Crippen LogP contribution in [0.15, 0.2) is 24.3 Å². The topological polar surface area (TPSA) is 95.5 Å². The highest BCUT2D eigenvalue weighted by Crippen LogP contribution is 2.12. The second-order valence-electron chi connectivity index (χ2n) is 5.75. The SMILES string of the molecule is CC(C)C(=O)Nc1ccc(C(=O)N[C@H](C(=O)O)C(C)C)cc1. The lowest BCUT2D eigenvalue weighted by Crippen LogP contribution is -2.44. The van der Waals surface area contributed by atoms with Crippen molar-refractivity contribution in [3.8, 4) is 0 Å². The first-order valence-corrected chi connectivity index (χ1v) is 7.17. The number of carbonyl (C=O) groups is 3. The van der Waals surface area contributed by atoms with Gasteiger partial charge in [0, 0.05) is 17.2 Å². The van der Waals surface area contributed by atoms with Crippen molar-refractivity contribution in [3.05, 3.63) is 29.8 Å². The van der Waals surface area contributed by atoms with E-state index in [1.807, 2.05) is 0 Å². The van der Waals surface area contributed by atoms with Crippen molar-refractivity contribution < 1.29 is 19.5 Å². The van der Waals surface area contributed by atoms with E-state index in [1.54, 1.807) is 52.0 Å². The lowest BCUT2D eigenvalue weighted by molar-refractivity contribution is -0.140. The summed E-state index contributed by atoms with van der Waals surface area (Å²) in [6, 6.07) is 5.38. The smallest absolute Gasteiger partial charge is 0.326 e. The summed E-state index contributed by atoms with van der Waals surface area (Å²) in [5.74, 6) is -1.98. The first kappa shape index (κ1) is 17.7. The molecule has 0 aliphatic carbocycles. The molecule has 0 bridgehead atoms. The Labute approximate surface area is 129 Å². The summed E-state index contributed by atoms with van der Waals surface area (Å²) in [4.78, 5) is 34.7. The highest BCUT2D eigenvalue weighted by Gasteiger charge is 2.23. The van der Waals surface area contributed by atoms with Crippen LogP contribution < -0.4 is 10.6 Å². The summed E-state index contributed by atoms with van der Waals surface area (Å²) >= 11 is 0. The Bertz CT molecular complexity index is 550. The van der Waals surface area contributed by atoms with Crippen LogP contribution in [0.2, 0.25) is 0 Å². The minimum absolute atomic E-state index is 0.108. The third-order valence-electron chi connectivity index (χ3n) is 3.16. The van der Waals surface area contributed by atoms with Crippen LogP contribution in [0.25, 0.3) is 0 Å². The number of carboxylic acid groups (broad SMARTS) is 1. The maximum absolute atomic E-state index is 12.0. The Balaban J connectivity index is 2.75. The highest BCUT2D eigenvalue weighted by molar-refractivity contribution is 5.97. The van der Waals surface area contributed by atoms with Crippen molar-refractivity contribution in [2.75, 3.05) is 5.32 Å². The van der Waals surface area contributed by atoms with Gasteiger partial charge in [-0.1, -0.05) is 27.7 Å². The number of anilines is 1. The van der Waals surface area contributed by atoms with Gasteiger partial charge in [0.2, 0.25) is 5.91 Å². The summed E-state index contributed by atoms with van der Waals surface area (Å²) in [7, 11) is 0. The fourth-order valence-corrected chi connectivity index (χ4v) is 1.73. The Hall–Kier alpha value is -2.37. The highest BCUT2D eigenvalue weighted by atomic mass is 16.4. The molecule has 0 aliphatic heterocycles. The van der Waals surface area contributed by atoms with E-state index in [4.69, 9.17) is 5.11 Å². The minimum Gasteiger partial charge on any atom is -0.480 e. The summed E-state index contributed by atoms with van der Waals surface area (Å²) < 4.78 is 0. The molecule has 0 heterocycles. The van der Waals surface area contributed by atoms with E-state index in [0.29, 0.717) is 11.3 Å². The molecule has 1 atom stereocenters. The van der Waals surface area contributed by atoms with E-state index in [9.17, 15) is 14.4 Å². The number of hydrogen-bond donors (Lipinski definition) is 3. The van der Waals surface area contributed by atoms with Crippen molar-refractivity contribution >= 4 is 23.5 Å². The van der Waals surface area contributed by atoms with Gasteiger partial charge in [0.05, 0.1) is 0 Å². The molecular formula is C16H22N2O4. The Kier molecular flexibility index (Phi) is 6.10. The first-order valence-electron chi connectivity index (χ1n) is 7.17. The molecule has 0 radical (unpaired) electrons. The summed E-state index contributed by atoms with van der Waals surface area (Å²) in [6.45, 7) is 7.03. The van der Waals surface area contributed by atoms with Gasteiger partial charge in [0.25, 0.3) is 5.91 Å². The molecule has 1 aromatic carbocycles. The molecule has 22 heavy (non-hydrogen) atoms. The zero-order chi connectivity index (χ0) is 16.9. The maximum atomic E-state index is 12.0. The van der Waals surface area contributed by atoms with E-state index in [1.165, 1.54) is 0 Å². The van der Waals surface area contributed by atoms with Gasteiger partial charge in [-0.15, -0.1) is 0 Å². The zero-order valence-corrected chi connectivity index (χ0v) is 13.2. The summed E-state index contributed by atoms with van der Waals surface area (Å²) in [5, 5.41) is 14.3. The third kappa shape index (κ3) is 4.87. The molecule has 0 fully saturated rings. The van der Waals surface area contributed by atoms with Gasteiger partial charge in [-0.25, -0.2) is 4.79 Å². The fourth-order valence-electron chi connectivity index (χ4n) is 1.73. The zero-order valence-electron chi connectivity index (χ0n) is 13.2. The van der Waals surface area contributed by atoms with Crippen LogP contribution in [0.1, 0.15) is 38.1 Å². The second-order valence-corrected chi connectivity index (χ2v) is 5.75. The normalized spacial score (nSPS) is 12.1. The lowest BCUT2D eigenvalue weighted by atomic mass is 10.0. The molecule has 6 nitrogen and oxygen atoms in total. The molecule has 1 rings (SSSR count). The summed E-state index contributed by atoms with van der Waals surface area (Å²) in [6.07, 6.45) is 0. The van der Waals surface area contributed by atoms with Crippen LogP contribution in [-0.2, 0) is 9.59 Å². The van der Waals surface area contributed by atoms with Crippen molar-refractivity contribution in [3.63, 3.8) is 0 Å². The van der Waals surface area contributed by atoms with Crippen LogP contribution in [0.3, 0.4) is 0 Å². The van der Waals surface area contributed by atoms with Gasteiger partial charge in [-0.3, -0.25) is 9.59 Å². The number of hydrogen-bond acceptors (Lipinski definition) is 3. The number of benzene rings is 1. The van der Waals surface area contributed by atoms with E-state index < -0.39 is 17.9 Å². The predicted molar refractivity (Wildman–Crippen MR) is 83.6 cm³/mol. The van der Waals surface area contributed by atoms with Gasteiger partial charge < -0.3 is 15.7 Å².